The summed E-state index contributed by atoms with van der Waals surface area (Å²) in [6, 6.07) is 0. The standard InChI is InChI=1S/C11H21/c1-10(2)8-6-5-7-9-11(3)4/h11H,1-2,5-9H2,3-4H3. The molecular formula is C11H21. The SMILES string of the molecule is [CH2]C(=C)CCCCCC(C)C. The Morgan fingerprint density at radius 1 is 1.18 bits per heavy atom. The van der Waals surface area contributed by atoms with E-state index in [0.717, 1.165) is 17.9 Å². The van der Waals surface area contributed by atoms with Gasteiger partial charge in [0.25, 0.3) is 0 Å². The van der Waals surface area contributed by atoms with E-state index in [2.05, 4.69) is 27.4 Å². The van der Waals surface area contributed by atoms with Crippen LogP contribution in [-0.2, 0) is 0 Å². The highest BCUT2D eigenvalue weighted by molar-refractivity contribution is 4.96. The minimum Gasteiger partial charge on any atom is -0.0999 e. The molecule has 0 unspecified atom stereocenters. The summed E-state index contributed by atoms with van der Waals surface area (Å²) in [5.74, 6) is 0.859. The fraction of sp³-hybridized carbons (Fsp3) is 0.727. The van der Waals surface area contributed by atoms with Crippen LogP contribution in [0.15, 0.2) is 12.2 Å². The van der Waals surface area contributed by atoms with E-state index in [0.29, 0.717) is 0 Å². The van der Waals surface area contributed by atoms with Crippen molar-refractivity contribution < 1.29 is 0 Å². The maximum atomic E-state index is 3.78. The van der Waals surface area contributed by atoms with Gasteiger partial charge in [0.15, 0.2) is 0 Å². The van der Waals surface area contributed by atoms with Crippen molar-refractivity contribution in [3.63, 3.8) is 0 Å². The molecule has 65 valence electrons. The average molecular weight is 153 g/mol. The van der Waals surface area contributed by atoms with Gasteiger partial charge in [0.1, 0.15) is 0 Å². The predicted octanol–water partition coefficient (Wildman–Crippen LogP) is 3.98. The summed E-state index contributed by atoms with van der Waals surface area (Å²) in [4.78, 5) is 0. The number of rotatable bonds is 6. The van der Waals surface area contributed by atoms with E-state index < -0.39 is 0 Å². The molecule has 1 radical (unpaired) electrons. The van der Waals surface area contributed by atoms with Gasteiger partial charge < -0.3 is 0 Å². The van der Waals surface area contributed by atoms with Gasteiger partial charge in [-0.05, 0) is 25.7 Å². The minimum atomic E-state index is 0.859. The molecule has 0 aliphatic rings. The molecular weight excluding hydrogens is 132 g/mol. The third kappa shape index (κ3) is 9.74. The number of unbranched alkanes of at least 4 members (excludes halogenated alkanes) is 2. The summed E-state index contributed by atoms with van der Waals surface area (Å²) in [6.07, 6.45) is 6.45. The molecule has 0 heteroatoms. The van der Waals surface area contributed by atoms with Crippen LogP contribution < -0.4 is 0 Å². The lowest BCUT2D eigenvalue weighted by atomic mass is 10.0. The van der Waals surface area contributed by atoms with Crippen molar-refractivity contribution in [1.82, 2.24) is 0 Å². The van der Waals surface area contributed by atoms with Gasteiger partial charge in [-0.1, -0.05) is 45.3 Å². The lowest BCUT2D eigenvalue weighted by Crippen LogP contribution is -1.87. The van der Waals surface area contributed by atoms with Crippen molar-refractivity contribution in [3.8, 4) is 0 Å². The van der Waals surface area contributed by atoms with E-state index in [9.17, 15) is 0 Å². The first-order valence-electron chi connectivity index (χ1n) is 4.62. The molecule has 0 heterocycles. The van der Waals surface area contributed by atoms with Crippen LogP contribution in [0.1, 0.15) is 46.0 Å². The molecule has 0 aliphatic carbocycles. The molecule has 0 nitrogen and oxygen atoms in total. The van der Waals surface area contributed by atoms with Gasteiger partial charge in [-0.3, -0.25) is 0 Å². The monoisotopic (exact) mass is 153 g/mol. The normalized spacial score (nSPS) is 10.5. The van der Waals surface area contributed by atoms with Crippen LogP contribution >= 0.6 is 0 Å². The third-order valence-electron chi connectivity index (χ3n) is 1.81. The number of hydrogen-bond donors (Lipinski definition) is 0. The molecule has 0 aromatic heterocycles. The van der Waals surface area contributed by atoms with E-state index in [4.69, 9.17) is 0 Å². The highest BCUT2D eigenvalue weighted by atomic mass is 14.0. The molecule has 0 rings (SSSR count). The lowest BCUT2D eigenvalue weighted by molar-refractivity contribution is 0.527. The van der Waals surface area contributed by atoms with Gasteiger partial charge in [-0.15, -0.1) is 0 Å². The Bertz CT molecular complexity index is 101. The van der Waals surface area contributed by atoms with Crippen LogP contribution in [0.2, 0.25) is 0 Å². The largest absolute Gasteiger partial charge is 0.0999 e. The Kier molecular flexibility index (Phi) is 6.30. The second-order valence-electron chi connectivity index (χ2n) is 3.74. The molecule has 0 N–H and O–H groups in total. The van der Waals surface area contributed by atoms with Crippen molar-refractivity contribution in [2.75, 3.05) is 0 Å². The van der Waals surface area contributed by atoms with Crippen LogP contribution in [0.25, 0.3) is 0 Å². The Balaban J connectivity index is 2.97. The van der Waals surface area contributed by atoms with Gasteiger partial charge in [-0.2, -0.15) is 0 Å². The molecule has 0 saturated carbocycles. The molecule has 0 aromatic carbocycles. The molecule has 0 fully saturated rings. The summed E-state index contributed by atoms with van der Waals surface area (Å²) < 4.78 is 0. The summed E-state index contributed by atoms with van der Waals surface area (Å²) in [5.41, 5.74) is 1.08. The molecule has 0 aliphatic heterocycles. The molecule has 0 aromatic rings. The van der Waals surface area contributed by atoms with E-state index in [1.165, 1.54) is 25.7 Å². The quantitative estimate of drug-likeness (QED) is 0.506. The maximum Gasteiger partial charge on any atom is -0.0286 e. The van der Waals surface area contributed by atoms with Gasteiger partial charge in [-0.25, -0.2) is 0 Å². The van der Waals surface area contributed by atoms with Gasteiger partial charge in [0, 0.05) is 0 Å². The second-order valence-corrected chi connectivity index (χ2v) is 3.74. The highest BCUT2D eigenvalue weighted by Crippen LogP contribution is 2.11. The summed E-state index contributed by atoms with van der Waals surface area (Å²) in [6.45, 7) is 12.1. The summed E-state index contributed by atoms with van der Waals surface area (Å²) >= 11 is 0. The minimum absolute atomic E-state index is 0.859. The Morgan fingerprint density at radius 2 is 1.82 bits per heavy atom. The summed E-state index contributed by atoms with van der Waals surface area (Å²) in [5, 5.41) is 0. The summed E-state index contributed by atoms with van der Waals surface area (Å²) in [7, 11) is 0. The van der Waals surface area contributed by atoms with Crippen LogP contribution in [0, 0.1) is 12.8 Å². The van der Waals surface area contributed by atoms with Crippen molar-refractivity contribution in [1.29, 1.82) is 0 Å². The van der Waals surface area contributed by atoms with E-state index in [-0.39, 0.29) is 0 Å². The molecule has 0 saturated heterocycles. The fourth-order valence-electron chi connectivity index (χ4n) is 1.10. The Morgan fingerprint density at radius 3 is 2.27 bits per heavy atom. The smallest absolute Gasteiger partial charge is 0.0286 e. The maximum absolute atomic E-state index is 3.78. The zero-order chi connectivity index (χ0) is 8.69. The Labute approximate surface area is 71.7 Å². The number of allylic oxidation sites excluding steroid dienone is 1. The van der Waals surface area contributed by atoms with Crippen molar-refractivity contribution in [2.24, 2.45) is 5.92 Å². The Hall–Kier alpha value is -0.260. The van der Waals surface area contributed by atoms with Crippen LogP contribution in [0.3, 0.4) is 0 Å². The van der Waals surface area contributed by atoms with E-state index in [1.54, 1.807) is 0 Å². The van der Waals surface area contributed by atoms with Gasteiger partial charge >= 0.3 is 0 Å². The highest BCUT2D eigenvalue weighted by Gasteiger charge is 1.93. The van der Waals surface area contributed by atoms with Gasteiger partial charge in [0.05, 0.1) is 0 Å². The molecule has 11 heavy (non-hydrogen) atoms. The molecule has 0 bridgehead atoms. The van der Waals surface area contributed by atoms with E-state index >= 15 is 0 Å². The zero-order valence-corrected chi connectivity index (χ0v) is 8.03. The molecule has 0 amide bonds. The van der Waals surface area contributed by atoms with Crippen molar-refractivity contribution in [3.05, 3.63) is 19.1 Å². The lowest BCUT2D eigenvalue weighted by Gasteiger charge is -2.03. The topological polar surface area (TPSA) is 0 Å². The molecule has 0 atom stereocenters. The first-order chi connectivity index (χ1) is 5.13. The average Bonchev–Trinajstić information content (AvgIpc) is 1.85. The van der Waals surface area contributed by atoms with Crippen molar-refractivity contribution in [2.45, 2.75) is 46.0 Å². The second kappa shape index (κ2) is 6.45. The van der Waals surface area contributed by atoms with Gasteiger partial charge in [0.2, 0.25) is 0 Å². The molecule has 0 spiro atoms. The van der Waals surface area contributed by atoms with Crippen LogP contribution in [0.5, 0.6) is 0 Å². The van der Waals surface area contributed by atoms with Crippen LogP contribution in [-0.4, -0.2) is 0 Å². The number of hydrogen-bond acceptors (Lipinski definition) is 0. The third-order valence-corrected chi connectivity index (χ3v) is 1.81. The predicted molar refractivity (Wildman–Crippen MR) is 52.4 cm³/mol. The zero-order valence-electron chi connectivity index (χ0n) is 8.03. The van der Waals surface area contributed by atoms with E-state index in [1.807, 2.05) is 0 Å². The van der Waals surface area contributed by atoms with Crippen LogP contribution in [0.4, 0.5) is 0 Å². The first kappa shape index (κ1) is 10.7. The van der Waals surface area contributed by atoms with Crippen molar-refractivity contribution >= 4 is 0 Å². The fourth-order valence-corrected chi connectivity index (χ4v) is 1.10. The first-order valence-corrected chi connectivity index (χ1v) is 4.62.